The second-order valence-corrected chi connectivity index (χ2v) is 8.90. The number of hydrogen-bond donors (Lipinski definition) is 1. The van der Waals surface area contributed by atoms with Crippen molar-refractivity contribution in [1.29, 1.82) is 0 Å². The lowest BCUT2D eigenvalue weighted by molar-refractivity contribution is -0.133. The number of sulfonamides is 1. The summed E-state index contributed by atoms with van der Waals surface area (Å²) in [4.78, 5) is 14.4. The highest BCUT2D eigenvalue weighted by Gasteiger charge is 2.27. The third kappa shape index (κ3) is 5.40. The number of carbonyl (C=O) groups excluding carboxylic acids is 1. The van der Waals surface area contributed by atoms with Gasteiger partial charge in [0.1, 0.15) is 0 Å². The summed E-state index contributed by atoms with van der Waals surface area (Å²) < 4.78 is 27.2. The summed E-state index contributed by atoms with van der Waals surface area (Å²) in [7, 11) is -3.49. The normalized spacial score (nSPS) is 15.2. The molecule has 1 heterocycles. The van der Waals surface area contributed by atoms with Crippen LogP contribution in [0.15, 0.2) is 54.6 Å². The van der Waals surface area contributed by atoms with Crippen molar-refractivity contribution in [3.63, 3.8) is 0 Å². The van der Waals surface area contributed by atoms with Crippen molar-refractivity contribution in [2.24, 2.45) is 0 Å². The fourth-order valence-electron chi connectivity index (χ4n) is 3.45. The Morgan fingerprint density at radius 1 is 1.07 bits per heavy atom. The molecule has 0 radical (unpaired) electrons. The highest BCUT2D eigenvalue weighted by Crippen LogP contribution is 2.19. The molecule has 1 aliphatic rings. The Morgan fingerprint density at radius 2 is 1.74 bits per heavy atom. The summed E-state index contributed by atoms with van der Waals surface area (Å²) in [5.41, 5.74) is 3.51. The zero-order valence-electron chi connectivity index (χ0n) is 15.6. The summed E-state index contributed by atoms with van der Waals surface area (Å²) in [5.74, 6) is -0.154. The first kappa shape index (κ1) is 19.6. The van der Waals surface area contributed by atoms with E-state index in [1.165, 1.54) is 5.56 Å². The smallest absolute Gasteiger partial charge is 0.240 e. The Kier molecular flexibility index (Phi) is 6.29. The van der Waals surface area contributed by atoms with E-state index in [4.69, 9.17) is 0 Å². The molecule has 144 valence electrons. The number of benzene rings is 2. The maximum atomic E-state index is 12.7. The molecular formula is C21H26N2O3S. The van der Waals surface area contributed by atoms with Crippen molar-refractivity contribution in [1.82, 2.24) is 9.62 Å². The largest absolute Gasteiger partial charge is 0.337 e. The monoisotopic (exact) mass is 386 g/mol. The van der Waals surface area contributed by atoms with Gasteiger partial charge in [-0.1, -0.05) is 54.6 Å². The van der Waals surface area contributed by atoms with Crippen LogP contribution in [0.5, 0.6) is 0 Å². The van der Waals surface area contributed by atoms with Gasteiger partial charge in [-0.25, -0.2) is 13.1 Å². The van der Waals surface area contributed by atoms with Crippen molar-refractivity contribution < 1.29 is 13.2 Å². The first-order chi connectivity index (χ1) is 12.9. The Morgan fingerprint density at radius 3 is 2.48 bits per heavy atom. The van der Waals surface area contributed by atoms with Crippen LogP contribution in [-0.4, -0.2) is 37.6 Å². The number of fused-ring (bicyclic) bond motifs is 1. The van der Waals surface area contributed by atoms with Crippen LogP contribution in [0.2, 0.25) is 0 Å². The third-order valence-corrected chi connectivity index (χ3v) is 6.43. The van der Waals surface area contributed by atoms with Gasteiger partial charge in [0.05, 0.1) is 11.8 Å². The van der Waals surface area contributed by atoms with Gasteiger partial charge in [-0.05, 0) is 42.9 Å². The Hall–Kier alpha value is -2.18. The molecule has 27 heavy (non-hydrogen) atoms. The Bertz CT molecular complexity index is 881. The van der Waals surface area contributed by atoms with Gasteiger partial charge < -0.3 is 4.90 Å². The molecule has 0 fully saturated rings. The summed E-state index contributed by atoms with van der Waals surface area (Å²) in [6.45, 7) is 2.78. The van der Waals surface area contributed by atoms with E-state index in [-0.39, 0.29) is 11.7 Å². The minimum atomic E-state index is -3.49. The highest BCUT2D eigenvalue weighted by atomic mass is 32.2. The van der Waals surface area contributed by atoms with Crippen LogP contribution in [0.4, 0.5) is 0 Å². The van der Waals surface area contributed by atoms with Gasteiger partial charge in [-0.3, -0.25) is 4.79 Å². The molecule has 0 saturated carbocycles. The standard InChI is InChI=1S/C21H26N2O3S/c1-17(21(24)23-14-13-19-11-5-6-12-20(19)16-23)22-27(25,26)15-7-10-18-8-3-2-4-9-18/h2-6,8-9,11-12,17,22H,7,10,13-16H2,1H3/t17-/m0/s1. The van der Waals surface area contributed by atoms with E-state index in [0.717, 1.165) is 17.5 Å². The van der Waals surface area contributed by atoms with E-state index < -0.39 is 16.1 Å². The average molecular weight is 387 g/mol. The van der Waals surface area contributed by atoms with Crippen LogP contribution in [0.3, 0.4) is 0 Å². The van der Waals surface area contributed by atoms with Gasteiger partial charge in [0, 0.05) is 13.1 Å². The number of hydrogen-bond acceptors (Lipinski definition) is 3. The van der Waals surface area contributed by atoms with Gasteiger partial charge in [-0.15, -0.1) is 0 Å². The summed E-state index contributed by atoms with van der Waals surface area (Å²) in [6, 6.07) is 17.1. The van der Waals surface area contributed by atoms with Crippen molar-refractivity contribution in [2.75, 3.05) is 12.3 Å². The predicted octanol–water partition coefficient (Wildman–Crippen LogP) is 2.51. The van der Waals surface area contributed by atoms with Crippen LogP contribution in [0.1, 0.15) is 30.0 Å². The van der Waals surface area contributed by atoms with Crippen molar-refractivity contribution in [2.45, 2.75) is 38.8 Å². The van der Waals surface area contributed by atoms with Crippen molar-refractivity contribution >= 4 is 15.9 Å². The van der Waals surface area contributed by atoms with Crippen molar-refractivity contribution in [3.8, 4) is 0 Å². The molecule has 0 aromatic heterocycles. The fraction of sp³-hybridized carbons (Fsp3) is 0.381. The number of aryl methyl sites for hydroxylation is 1. The molecule has 1 atom stereocenters. The van der Waals surface area contributed by atoms with Crippen LogP contribution < -0.4 is 4.72 Å². The van der Waals surface area contributed by atoms with E-state index in [2.05, 4.69) is 10.8 Å². The lowest BCUT2D eigenvalue weighted by Crippen LogP contribution is -2.48. The molecule has 1 aliphatic heterocycles. The first-order valence-corrected chi connectivity index (χ1v) is 11.0. The van der Waals surface area contributed by atoms with Gasteiger partial charge in [0.2, 0.25) is 15.9 Å². The Balaban J connectivity index is 1.51. The van der Waals surface area contributed by atoms with Gasteiger partial charge >= 0.3 is 0 Å². The molecule has 6 heteroatoms. The molecule has 3 rings (SSSR count). The lowest BCUT2D eigenvalue weighted by Gasteiger charge is -2.31. The summed E-state index contributed by atoms with van der Waals surface area (Å²) >= 11 is 0. The number of amides is 1. The number of rotatable bonds is 7. The SMILES string of the molecule is C[C@H](NS(=O)(=O)CCCc1ccccc1)C(=O)N1CCc2ccccc2C1. The predicted molar refractivity (Wildman–Crippen MR) is 107 cm³/mol. The molecule has 0 unspecified atom stereocenters. The Labute approximate surface area is 161 Å². The van der Waals surface area contributed by atoms with Crippen LogP contribution in [0.25, 0.3) is 0 Å². The number of nitrogens with zero attached hydrogens (tertiary/aromatic N) is 1. The first-order valence-electron chi connectivity index (χ1n) is 9.34. The molecule has 0 spiro atoms. The second-order valence-electron chi connectivity index (χ2n) is 7.03. The molecule has 0 saturated heterocycles. The van der Waals surface area contributed by atoms with Crippen LogP contribution >= 0.6 is 0 Å². The van der Waals surface area contributed by atoms with E-state index in [1.54, 1.807) is 11.8 Å². The number of nitrogens with one attached hydrogen (secondary N) is 1. The minimum Gasteiger partial charge on any atom is -0.337 e. The van der Waals surface area contributed by atoms with Crippen molar-refractivity contribution in [3.05, 3.63) is 71.3 Å². The zero-order valence-corrected chi connectivity index (χ0v) is 16.4. The minimum absolute atomic E-state index is 0.0162. The third-order valence-electron chi connectivity index (χ3n) is 4.89. The quantitative estimate of drug-likeness (QED) is 0.795. The van der Waals surface area contributed by atoms with Gasteiger partial charge in [-0.2, -0.15) is 0 Å². The van der Waals surface area contributed by atoms with E-state index in [9.17, 15) is 13.2 Å². The average Bonchev–Trinajstić information content (AvgIpc) is 2.67. The topological polar surface area (TPSA) is 66.5 Å². The van der Waals surface area contributed by atoms with E-state index in [0.29, 0.717) is 25.9 Å². The molecule has 1 amide bonds. The molecule has 2 aromatic rings. The molecule has 0 bridgehead atoms. The van der Waals surface area contributed by atoms with Crippen LogP contribution in [0, 0.1) is 0 Å². The maximum absolute atomic E-state index is 12.7. The van der Waals surface area contributed by atoms with Gasteiger partial charge in [0.25, 0.3) is 0 Å². The lowest BCUT2D eigenvalue weighted by atomic mass is 9.99. The molecular weight excluding hydrogens is 360 g/mol. The molecule has 2 aromatic carbocycles. The van der Waals surface area contributed by atoms with E-state index >= 15 is 0 Å². The number of carbonyl (C=O) groups is 1. The fourth-order valence-corrected chi connectivity index (χ4v) is 4.73. The second kappa shape index (κ2) is 8.67. The molecule has 0 aliphatic carbocycles. The van der Waals surface area contributed by atoms with E-state index in [1.807, 2.05) is 48.5 Å². The molecule has 5 nitrogen and oxygen atoms in total. The zero-order chi connectivity index (χ0) is 19.3. The molecule has 1 N–H and O–H groups in total. The highest BCUT2D eigenvalue weighted by molar-refractivity contribution is 7.89. The summed E-state index contributed by atoms with van der Waals surface area (Å²) in [6.07, 6.45) is 2.03. The maximum Gasteiger partial charge on any atom is 0.240 e. The summed E-state index contributed by atoms with van der Waals surface area (Å²) in [5, 5.41) is 0. The van der Waals surface area contributed by atoms with Gasteiger partial charge in [0.15, 0.2) is 0 Å². The van der Waals surface area contributed by atoms with Crippen LogP contribution in [-0.2, 0) is 34.2 Å².